The van der Waals surface area contributed by atoms with E-state index in [1.165, 1.54) is 18.9 Å². The van der Waals surface area contributed by atoms with Crippen LogP contribution < -0.4 is 5.56 Å². The second kappa shape index (κ2) is 6.43. The topological polar surface area (TPSA) is 51.5 Å². The Bertz CT molecular complexity index is 588. The molecule has 5 heteroatoms. The molecule has 1 saturated carbocycles. The van der Waals surface area contributed by atoms with E-state index < -0.39 is 0 Å². The SMILES string of the molecule is CCOC(=O)c1c(C)cc(=O)n(CCN(C)C2CC2)c1C. The van der Waals surface area contributed by atoms with E-state index in [0.717, 1.165) is 6.54 Å². The number of nitrogens with zero attached hydrogens (tertiary/aromatic N) is 2. The van der Waals surface area contributed by atoms with Crippen molar-refractivity contribution in [2.45, 2.75) is 46.2 Å². The Morgan fingerprint density at radius 3 is 2.67 bits per heavy atom. The Morgan fingerprint density at radius 1 is 1.43 bits per heavy atom. The molecular formula is C16H24N2O3. The molecule has 5 nitrogen and oxygen atoms in total. The highest BCUT2D eigenvalue weighted by molar-refractivity contribution is 5.92. The van der Waals surface area contributed by atoms with Crippen LogP contribution in [0.25, 0.3) is 0 Å². The summed E-state index contributed by atoms with van der Waals surface area (Å²) in [7, 11) is 2.08. The van der Waals surface area contributed by atoms with Gasteiger partial charge in [0.1, 0.15) is 0 Å². The number of hydrogen-bond acceptors (Lipinski definition) is 4. The highest BCUT2D eigenvalue weighted by Gasteiger charge is 2.26. The van der Waals surface area contributed by atoms with Crippen molar-refractivity contribution in [3.8, 4) is 0 Å². The van der Waals surface area contributed by atoms with E-state index in [4.69, 9.17) is 4.74 Å². The average Bonchev–Trinajstić information content (AvgIpc) is 3.22. The summed E-state index contributed by atoms with van der Waals surface area (Å²) in [5.41, 5.74) is 1.85. The summed E-state index contributed by atoms with van der Waals surface area (Å²) in [6.45, 7) is 7.13. The van der Waals surface area contributed by atoms with Crippen molar-refractivity contribution >= 4 is 5.97 Å². The molecule has 1 aromatic heterocycles. The molecule has 21 heavy (non-hydrogen) atoms. The predicted octanol–water partition coefficient (Wildman–Crippen LogP) is 1.74. The van der Waals surface area contributed by atoms with Crippen molar-refractivity contribution in [1.82, 2.24) is 9.47 Å². The third-order valence-electron chi connectivity index (χ3n) is 4.09. The van der Waals surface area contributed by atoms with Crippen LogP contribution in [0.1, 0.15) is 41.4 Å². The minimum absolute atomic E-state index is 0.0535. The Labute approximate surface area is 125 Å². The predicted molar refractivity (Wildman–Crippen MR) is 81.8 cm³/mol. The smallest absolute Gasteiger partial charge is 0.340 e. The Kier molecular flexibility index (Phi) is 4.83. The first kappa shape index (κ1) is 15.8. The maximum atomic E-state index is 12.2. The van der Waals surface area contributed by atoms with E-state index in [1.54, 1.807) is 18.4 Å². The third kappa shape index (κ3) is 3.53. The number of ether oxygens (including phenoxy) is 1. The fourth-order valence-corrected chi connectivity index (χ4v) is 2.67. The van der Waals surface area contributed by atoms with Gasteiger partial charge < -0.3 is 14.2 Å². The van der Waals surface area contributed by atoms with Crippen molar-refractivity contribution in [3.05, 3.63) is 33.2 Å². The fraction of sp³-hybridized carbons (Fsp3) is 0.625. The quantitative estimate of drug-likeness (QED) is 0.749. The molecule has 0 bridgehead atoms. The third-order valence-corrected chi connectivity index (χ3v) is 4.09. The van der Waals surface area contributed by atoms with E-state index in [1.807, 2.05) is 6.92 Å². The van der Waals surface area contributed by atoms with E-state index in [0.29, 0.717) is 36.0 Å². The molecule has 0 saturated heterocycles. The van der Waals surface area contributed by atoms with Gasteiger partial charge in [0.15, 0.2) is 0 Å². The van der Waals surface area contributed by atoms with Gasteiger partial charge in [0.05, 0.1) is 12.2 Å². The number of carbonyl (C=O) groups is 1. The fourth-order valence-electron chi connectivity index (χ4n) is 2.67. The van der Waals surface area contributed by atoms with Crippen molar-refractivity contribution in [2.75, 3.05) is 20.2 Å². The van der Waals surface area contributed by atoms with Gasteiger partial charge in [0.25, 0.3) is 5.56 Å². The van der Waals surface area contributed by atoms with Gasteiger partial charge in [0.2, 0.25) is 0 Å². The van der Waals surface area contributed by atoms with Crippen molar-refractivity contribution in [1.29, 1.82) is 0 Å². The number of aryl methyl sites for hydroxylation is 1. The van der Waals surface area contributed by atoms with Gasteiger partial charge in [-0.2, -0.15) is 0 Å². The molecule has 1 heterocycles. The lowest BCUT2D eigenvalue weighted by molar-refractivity contribution is 0.0523. The van der Waals surface area contributed by atoms with E-state index >= 15 is 0 Å². The van der Waals surface area contributed by atoms with Crippen LogP contribution in [0, 0.1) is 13.8 Å². The summed E-state index contributed by atoms with van der Waals surface area (Å²) in [6, 6.07) is 2.19. The second-order valence-corrected chi connectivity index (χ2v) is 5.71. The van der Waals surface area contributed by atoms with Crippen LogP contribution in [0.4, 0.5) is 0 Å². The number of pyridine rings is 1. The lowest BCUT2D eigenvalue weighted by Crippen LogP contribution is -2.32. The van der Waals surface area contributed by atoms with Gasteiger partial charge in [-0.05, 0) is 46.2 Å². The first-order valence-electron chi connectivity index (χ1n) is 7.54. The zero-order chi connectivity index (χ0) is 15.6. The molecule has 0 N–H and O–H groups in total. The van der Waals surface area contributed by atoms with Gasteiger partial charge in [-0.3, -0.25) is 4.79 Å². The van der Waals surface area contributed by atoms with Crippen LogP contribution in [-0.2, 0) is 11.3 Å². The summed E-state index contributed by atoms with van der Waals surface area (Å²) in [6.07, 6.45) is 2.48. The molecule has 1 aromatic rings. The van der Waals surface area contributed by atoms with E-state index in [-0.39, 0.29) is 11.5 Å². The number of aromatic nitrogens is 1. The van der Waals surface area contributed by atoms with Crippen LogP contribution in [0.15, 0.2) is 10.9 Å². The molecule has 1 fully saturated rings. The van der Waals surface area contributed by atoms with E-state index in [9.17, 15) is 9.59 Å². The van der Waals surface area contributed by atoms with E-state index in [2.05, 4.69) is 11.9 Å². The molecule has 0 aliphatic heterocycles. The maximum absolute atomic E-state index is 12.2. The number of hydrogen-bond donors (Lipinski definition) is 0. The molecule has 0 spiro atoms. The summed E-state index contributed by atoms with van der Waals surface area (Å²) >= 11 is 0. The molecule has 2 rings (SSSR count). The lowest BCUT2D eigenvalue weighted by atomic mass is 10.1. The molecule has 0 atom stereocenters. The van der Waals surface area contributed by atoms with Crippen molar-refractivity contribution in [2.24, 2.45) is 0 Å². The summed E-state index contributed by atoms with van der Waals surface area (Å²) < 4.78 is 6.77. The minimum Gasteiger partial charge on any atom is -0.462 e. The van der Waals surface area contributed by atoms with Gasteiger partial charge >= 0.3 is 5.97 Å². The van der Waals surface area contributed by atoms with Gasteiger partial charge in [-0.1, -0.05) is 0 Å². The van der Waals surface area contributed by atoms with Crippen molar-refractivity contribution < 1.29 is 9.53 Å². The Hall–Kier alpha value is -1.62. The van der Waals surface area contributed by atoms with Crippen LogP contribution in [0.5, 0.6) is 0 Å². The lowest BCUT2D eigenvalue weighted by Gasteiger charge is -2.19. The second-order valence-electron chi connectivity index (χ2n) is 5.71. The molecule has 1 aliphatic carbocycles. The largest absolute Gasteiger partial charge is 0.462 e. The van der Waals surface area contributed by atoms with Crippen LogP contribution in [-0.4, -0.2) is 41.7 Å². The normalized spacial score (nSPS) is 14.5. The maximum Gasteiger partial charge on any atom is 0.340 e. The Balaban J connectivity index is 2.25. The number of esters is 1. The highest BCUT2D eigenvalue weighted by Crippen LogP contribution is 2.25. The van der Waals surface area contributed by atoms with Gasteiger partial charge in [0, 0.05) is 30.9 Å². The molecule has 0 radical (unpaired) electrons. The van der Waals surface area contributed by atoms with Crippen LogP contribution in [0.2, 0.25) is 0 Å². The monoisotopic (exact) mass is 292 g/mol. The molecule has 0 amide bonds. The minimum atomic E-state index is -0.350. The summed E-state index contributed by atoms with van der Waals surface area (Å²) in [5.74, 6) is -0.350. The van der Waals surface area contributed by atoms with Crippen LogP contribution >= 0.6 is 0 Å². The summed E-state index contributed by atoms with van der Waals surface area (Å²) in [5, 5.41) is 0. The number of carbonyl (C=O) groups excluding carboxylic acids is 1. The standard InChI is InChI=1S/C16H24N2O3/c1-5-21-16(20)15-11(2)10-14(19)18(12(15)3)9-8-17(4)13-6-7-13/h10,13H,5-9H2,1-4H3. The van der Waals surface area contributed by atoms with Gasteiger partial charge in [-0.15, -0.1) is 0 Å². The first-order valence-corrected chi connectivity index (χ1v) is 7.54. The zero-order valence-electron chi connectivity index (χ0n) is 13.3. The number of likely N-dealkylation sites (N-methyl/N-ethyl adjacent to an activating group) is 1. The van der Waals surface area contributed by atoms with Gasteiger partial charge in [-0.25, -0.2) is 4.79 Å². The first-order chi connectivity index (χ1) is 9.95. The van der Waals surface area contributed by atoms with Crippen LogP contribution in [0.3, 0.4) is 0 Å². The highest BCUT2D eigenvalue weighted by atomic mass is 16.5. The van der Waals surface area contributed by atoms with Crippen molar-refractivity contribution in [3.63, 3.8) is 0 Å². The average molecular weight is 292 g/mol. The molecule has 0 unspecified atom stereocenters. The summed E-state index contributed by atoms with van der Waals surface area (Å²) in [4.78, 5) is 26.5. The molecular weight excluding hydrogens is 268 g/mol. The molecule has 116 valence electrons. The Morgan fingerprint density at radius 2 is 2.10 bits per heavy atom. The molecule has 0 aromatic carbocycles. The molecule has 1 aliphatic rings. The number of rotatable bonds is 6. The zero-order valence-corrected chi connectivity index (χ0v) is 13.3.